The molecule has 0 aliphatic carbocycles. The molecule has 0 aliphatic heterocycles. The topological polar surface area (TPSA) is 182 Å². The van der Waals surface area contributed by atoms with Crippen LogP contribution in [0.15, 0.2) is 103 Å². The molecule has 5 aromatic rings. The van der Waals surface area contributed by atoms with Crippen molar-refractivity contribution in [3.63, 3.8) is 0 Å². The van der Waals surface area contributed by atoms with E-state index in [4.69, 9.17) is 35.7 Å². The Kier molecular flexibility index (Phi) is 14.3. The summed E-state index contributed by atoms with van der Waals surface area (Å²) in [6.45, 7) is 0.690. The molecule has 1 N–H and O–H groups in total. The minimum absolute atomic E-state index is 0. The van der Waals surface area contributed by atoms with Gasteiger partial charge in [0.25, 0.3) is 0 Å². The molecule has 0 saturated heterocycles. The van der Waals surface area contributed by atoms with Gasteiger partial charge >= 0.3 is 27.3 Å². The second kappa shape index (κ2) is 17.1. The van der Waals surface area contributed by atoms with E-state index in [1.807, 2.05) is 48.8 Å². The van der Waals surface area contributed by atoms with Gasteiger partial charge in [-0.2, -0.15) is 0 Å². The van der Waals surface area contributed by atoms with Crippen molar-refractivity contribution in [2.24, 2.45) is 0 Å². The van der Waals surface area contributed by atoms with Crippen LogP contribution in [-0.4, -0.2) is 32.4 Å². The number of hydrogen-bond donors (Lipinski definition) is 1. The molecule has 0 aliphatic rings. The first kappa shape index (κ1) is 32.6. The summed E-state index contributed by atoms with van der Waals surface area (Å²) in [4.78, 5) is 27.9. The molecule has 196 valence electrons. The van der Waals surface area contributed by atoms with Crippen molar-refractivity contribution in [3.05, 3.63) is 140 Å². The summed E-state index contributed by atoms with van der Waals surface area (Å²) >= 11 is 0. The zero-order valence-corrected chi connectivity index (χ0v) is 24.9. The second-order valence-corrected chi connectivity index (χ2v) is 7.21. The first-order chi connectivity index (χ1) is 18.4. The van der Waals surface area contributed by atoms with Crippen LogP contribution in [0.5, 0.6) is 0 Å². The van der Waals surface area contributed by atoms with E-state index in [1.54, 1.807) is 0 Å². The molecule has 0 fully saturated rings. The number of aliphatic hydroxyl groups excluding tert-OH is 1. The summed E-state index contributed by atoms with van der Waals surface area (Å²) in [6, 6.07) is 31.4. The Balaban J connectivity index is 0.000000606. The molecule has 39 heavy (non-hydrogen) atoms. The Bertz CT molecular complexity index is 1350. The maximum Gasteiger partial charge on any atom is 2.00 e. The Hall–Kier alpha value is -4.44. The third-order valence-electron chi connectivity index (χ3n) is 5.05. The Morgan fingerprint density at radius 1 is 0.667 bits per heavy atom. The van der Waals surface area contributed by atoms with Gasteiger partial charge in [0.1, 0.15) is 11.6 Å². The van der Waals surface area contributed by atoms with E-state index in [9.17, 15) is 0 Å². The predicted molar refractivity (Wildman–Crippen MR) is 145 cm³/mol. The van der Waals surface area contributed by atoms with Gasteiger partial charge in [-0.3, -0.25) is 0 Å². The van der Waals surface area contributed by atoms with E-state index >= 15 is 0 Å². The molecule has 0 amide bonds. The molecule has 2 heterocycles. The van der Waals surface area contributed by atoms with Crippen molar-refractivity contribution in [3.8, 4) is 0 Å². The van der Waals surface area contributed by atoms with Crippen LogP contribution in [-0.2, 0) is 33.8 Å². The third-order valence-corrected chi connectivity index (χ3v) is 5.05. The molecule has 0 radical (unpaired) electrons. The molecular formula is C26H23CdN5O7. The summed E-state index contributed by atoms with van der Waals surface area (Å²) in [5.41, 5.74) is 1.28. The fourth-order valence-corrected chi connectivity index (χ4v) is 3.74. The molecule has 0 bridgehead atoms. The Labute approximate surface area is 243 Å². The molecule has 3 aromatic carbocycles. The van der Waals surface area contributed by atoms with Crippen molar-refractivity contribution in [1.82, 2.24) is 9.97 Å². The van der Waals surface area contributed by atoms with Gasteiger partial charge in [0, 0.05) is 19.5 Å². The van der Waals surface area contributed by atoms with E-state index in [1.165, 1.54) is 27.1 Å². The van der Waals surface area contributed by atoms with Crippen molar-refractivity contribution in [2.45, 2.75) is 6.54 Å². The van der Waals surface area contributed by atoms with Crippen LogP contribution in [0.4, 0.5) is 11.6 Å². The number of pyridine rings is 2. The summed E-state index contributed by atoms with van der Waals surface area (Å²) in [5, 5.41) is 41.5. The van der Waals surface area contributed by atoms with E-state index in [-0.39, 0.29) is 27.3 Å². The second-order valence-electron chi connectivity index (χ2n) is 7.21. The zero-order chi connectivity index (χ0) is 27.9. The summed E-state index contributed by atoms with van der Waals surface area (Å²) < 4.78 is 0. The van der Waals surface area contributed by atoms with Crippen molar-refractivity contribution >= 4 is 33.2 Å². The van der Waals surface area contributed by atoms with Crippen molar-refractivity contribution in [1.29, 1.82) is 0 Å². The van der Waals surface area contributed by atoms with E-state index in [2.05, 4.69) is 69.5 Å². The van der Waals surface area contributed by atoms with Crippen LogP contribution in [0.3, 0.4) is 0 Å². The molecular weight excluding hydrogens is 607 g/mol. The minimum atomic E-state index is -1.75. The van der Waals surface area contributed by atoms with Crippen LogP contribution in [0, 0.1) is 30.6 Å². The van der Waals surface area contributed by atoms with Crippen molar-refractivity contribution in [2.75, 3.05) is 12.0 Å². The quantitative estimate of drug-likeness (QED) is 0.119. The van der Waals surface area contributed by atoms with Crippen LogP contribution in [0.1, 0.15) is 5.56 Å². The molecule has 0 unspecified atom stereocenters. The summed E-state index contributed by atoms with van der Waals surface area (Å²) in [6.07, 6.45) is 3.65. The summed E-state index contributed by atoms with van der Waals surface area (Å²) in [7, 11) is 1.00. The number of aromatic nitrogens is 2. The fourth-order valence-electron chi connectivity index (χ4n) is 3.74. The number of benzene rings is 3. The fraction of sp³-hybridized carbons (Fsp3) is 0.0769. The van der Waals surface area contributed by atoms with Crippen LogP contribution in [0.2, 0.25) is 0 Å². The average Bonchev–Trinajstić information content (AvgIpc) is 2.92. The van der Waals surface area contributed by atoms with Gasteiger partial charge in [-0.1, -0.05) is 60.7 Å². The minimum Gasteiger partial charge on any atom is -0.400 e. The molecule has 0 atom stereocenters. The maximum absolute atomic E-state index is 8.25. The monoisotopic (exact) mass is 631 g/mol. The number of anilines is 2. The largest absolute Gasteiger partial charge is 2.00 e. The van der Waals surface area contributed by atoms with Crippen molar-refractivity contribution < 1.29 is 42.6 Å². The van der Waals surface area contributed by atoms with Gasteiger partial charge in [0.05, 0.1) is 16.7 Å². The van der Waals surface area contributed by atoms with Gasteiger partial charge in [0.2, 0.25) is 0 Å². The molecule has 5 rings (SSSR count). The zero-order valence-electron chi connectivity index (χ0n) is 20.9. The van der Waals surface area contributed by atoms with Crippen LogP contribution >= 0.6 is 0 Å². The van der Waals surface area contributed by atoms with E-state index < -0.39 is 10.2 Å². The number of hydrogen-bond acceptors (Lipinski definition) is 10. The normalized spacial score (nSPS) is 9.28. The Morgan fingerprint density at radius 2 is 1.03 bits per heavy atom. The smallest absolute Gasteiger partial charge is 0.400 e. The number of aliphatic hydroxyl groups is 1. The maximum atomic E-state index is 8.25. The van der Waals surface area contributed by atoms with Crippen LogP contribution < -0.4 is 4.90 Å². The first-order valence-corrected chi connectivity index (χ1v) is 10.9. The number of rotatable bonds is 4. The number of nitrogens with zero attached hydrogens (tertiary/aromatic N) is 5. The van der Waals surface area contributed by atoms with Gasteiger partial charge in [-0.25, -0.2) is 9.97 Å². The van der Waals surface area contributed by atoms with Gasteiger partial charge < -0.3 is 40.6 Å². The molecule has 12 nitrogen and oxygen atoms in total. The first-order valence-electron chi connectivity index (χ1n) is 10.9. The van der Waals surface area contributed by atoms with E-state index in [0.717, 1.165) is 18.7 Å². The standard InChI is InChI=1S/C25H19N3.CH4O.Cd.2NO3/c1-3-11-21-19(9-1)17-20-10-2-4-12-22(20)23(21)18-28(24-13-5-7-15-26-24)25-14-6-8-16-27-25;1-2;;2*2-1(3)4/h1-17H,18H2;2H,1H3;;;/q;;+2;2*-1. The van der Waals surface area contributed by atoms with Crippen LogP contribution in [0.25, 0.3) is 21.5 Å². The third kappa shape index (κ3) is 10.1. The SMILES string of the molecule is CO.O=[N+]([O-])[O-].O=[N+]([O-])[O-].[Cd+2].c1ccc(N(Cc2c3ccccc3cc3ccccc23)c2ccccn2)nc1. The average molecular weight is 630 g/mol. The predicted octanol–water partition coefficient (Wildman–Crippen LogP) is 5.25. The summed E-state index contributed by atoms with van der Waals surface area (Å²) in [5.74, 6) is 1.77. The van der Waals surface area contributed by atoms with E-state index in [0.29, 0.717) is 6.54 Å². The Morgan fingerprint density at radius 3 is 1.38 bits per heavy atom. The van der Waals surface area contributed by atoms with Gasteiger partial charge in [-0.15, -0.1) is 0 Å². The van der Waals surface area contributed by atoms with Gasteiger partial charge in [0.15, 0.2) is 0 Å². The molecule has 0 saturated carbocycles. The number of fused-ring (bicyclic) bond motifs is 2. The molecule has 13 heteroatoms. The molecule has 0 spiro atoms. The molecule has 2 aromatic heterocycles. The van der Waals surface area contributed by atoms with Gasteiger partial charge in [-0.05, 0) is 57.4 Å².